The normalized spacial score (nSPS) is 15.6. The van der Waals surface area contributed by atoms with Crippen LogP contribution in [0.4, 0.5) is 0 Å². The Kier molecular flexibility index (Phi) is 5.31. The molecule has 24 heavy (non-hydrogen) atoms. The lowest BCUT2D eigenvalue weighted by atomic mass is 10.00. The highest BCUT2D eigenvalue weighted by molar-refractivity contribution is 6.99. The summed E-state index contributed by atoms with van der Waals surface area (Å²) in [6, 6.07) is 6.30. The first kappa shape index (κ1) is 17.1. The van der Waals surface area contributed by atoms with Crippen LogP contribution < -0.4 is 4.74 Å². The topological polar surface area (TPSA) is 38.3 Å². The largest absolute Gasteiger partial charge is 0.493 e. The van der Waals surface area contributed by atoms with Crippen molar-refractivity contribution in [1.29, 1.82) is 0 Å². The van der Waals surface area contributed by atoms with Crippen molar-refractivity contribution >= 4 is 17.3 Å². The van der Waals surface area contributed by atoms with Gasteiger partial charge in [0.25, 0.3) is 0 Å². The lowest BCUT2D eigenvalue weighted by Crippen LogP contribution is -2.25. The Bertz CT molecular complexity index is 736. The van der Waals surface area contributed by atoms with E-state index in [1.807, 2.05) is 0 Å². The molecule has 2 heterocycles. The highest BCUT2D eigenvalue weighted by atomic mass is 32.1. The number of likely N-dealkylation sites (N-methyl/N-ethyl adjacent to an activating group) is 1. The number of benzene rings is 1. The van der Waals surface area contributed by atoms with Crippen molar-refractivity contribution in [3.8, 4) is 17.0 Å². The number of rotatable bonds is 5. The van der Waals surface area contributed by atoms with E-state index in [4.69, 9.17) is 4.74 Å². The Morgan fingerprint density at radius 2 is 2.04 bits per heavy atom. The average Bonchev–Trinajstić information content (AvgIpc) is 3.03. The van der Waals surface area contributed by atoms with Gasteiger partial charge in [0.05, 0.1) is 18.3 Å². The maximum Gasteiger partial charge on any atom is 0.128 e. The van der Waals surface area contributed by atoms with Crippen LogP contribution in [0, 0.1) is 12.8 Å². The van der Waals surface area contributed by atoms with Crippen molar-refractivity contribution in [3.05, 3.63) is 35.5 Å². The summed E-state index contributed by atoms with van der Waals surface area (Å²) < 4.78 is 15.3. The molecule has 4 nitrogen and oxygen atoms in total. The molecule has 0 spiro atoms. The second kappa shape index (κ2) is 7.45. The molecule has 0 radical (unpaired) electrons. The summed E-state index contributed by atoms with van der Waals surface area (Å²) in [6.07, 6.45) is 3.36. The van der Waals surface area contributed by atoms with Crippen LogP contribution in [0.1, 0.15) is 31.5 Å². The average molecular weight is 343 g/mol. The number of hydrogen-bond acceptors (Lipinski definition) is 5. The third kappa shape index (κ3) is 3.84. The van der Waals surface area contributed by atoms with Gasteiger partial charge >= 0.3 is 0 Å². The van der Waals surface area contributed by atoms with Crippen molar-refractivity contribution in [3.63, 3.8) is 0 Å². The molecule has 0 amide bonds. The number of aromatic nitrogens is 2. The first-order chi connectivity index (χ1) is 11.5. The van der Waals surface area contributed by atoms with Gasteiger partial charge in [-0.2, -0.15) is 8.75 Å². The molecule has 5 heteroatoms. The minimum atomic E-state index is 0.488. The van der Waals surface area contributed by atoms with E-state index >= 15 is 0 Å². The van der Waals surface area contributed by atoms with Crippen LogP contribution in [0.15, 0.2) is 24.3 Å². The molecule has 0 saturated carbocycles. The first-order valence-electron chi connectivity index (χ1n) is 8.49. The van der Waals surface area contributed by atoms with Gasteiger partial charge in [0.1, 0.15) is 17.1 Å². The van der Waals surface area contributed by atoms with Gasteiger partial charge in [0.15, 0.2) is 0 Å². The molecule has 128 valence electrons. The van der Waals surface area contributed by atoms with Crippen LogP contribution in [-0.2, 0) is 0 Å². The van der Waals surface area contributed by atoms with E-state index < -0.39 is 0 Å². The third-order valence-corrected chi connectivity index (χ3v) is 4.63. The lowest BCUT2D eigenvalue weighted by Gasteiger charge is -2.22. The first-order valence-corrected chi connectivity index (χ1v) is 9.22. The lowest BCUT2D eigenvalue weighted by molar-refractivity contribution is 0.272. The van der Waals surface area contributed by atoms with Crippen LogP contribution in [0.2, 0.25) is 0 Å². The van der Waals surface area contributed by atoms with Gasteiger partial charge in [-0.3, -0.25) is 0 Å². The van der Waals surface area contributed by atoms with Crippen molar-refractivity contribution in [2.24, 2.45) is 5.92 Å². The molecule has 0 aliphatic carbocycles. The van der Waals surface area contributed by atoms with Crippen LogP contribution in [0.3, 0.4) is 0 Å². The Hall–Kier alpha value is -1.72. The number of hydrogen-bond donors (Lipinski definition) is 0. The van der Waals surface area contributed by atoms with Crippen LogP contribution in [0.5, 0.6) is 5.75 Å². The van der Waals surface area contributed by atoms with Crippen LogP contribution in [0.25, 0.3) is 16.8 Å². The molecule has 0 N–H and O–H groups in total. The fraction of sp³-hybridized carbons (Fsp3) is 0.474. The van der Waals surface area contributed by atoms with Crippen LogP contribution >= 0.6 is 11.7 Å². The predicted molar refractivity (Wildman–Crippen MR) is 101 cm³/mol. The third-order valence-electron chi connectivity index (χ3n) is 4.10. The van der Waals surface area contributed by atoms with Gasteiger partial charge in [-0.25, -0.2) is 0 Å². The highest BCUT2D eigenvalue weighted by Crippen LogP contribution is 2.36. The van der Waals surface area contributed by atoms with E-state index in [-0.39, 0.29) is 0 Å². The summed E-state index contributed by atoms with van der Waals surface area (Å²) in [7, 11) is 2.15. The zero-order chi connectivity index (χ0) is 17.1. The Morgan fingerprint density at radius 1 is 1.25 bits per heavy atom. The maximum atomic E-state index is 6.05. The van der Waals surface area contributed by atoms with Gasteiger partial charge in [0.2, 0.25) is 0 Å². The fourth-order valence-corrected chi connectivity index (χ4v) is 3.44. The molecule has 3 rings (SSSR count). The van der Waals surface area contributed by atoms with Gasteiger partial charge in [0, 0.05) is 18.7 Å². The van der Waals surface area contributed by atoms with Gasteiger partial charge in [-0.1, -0.05) is 31.6 Å². The highest BCUT2D eigenvalue weighted by Gasteiger charge is 2.21. The molecule has 0 fully saturated rings. The van der Waals surface area contributed by atoms with Crippen LogP contribution in [-0.4, -0.2) is 40.4 Å². The predicted octanol–water partition coefficient (Wildman–Crippen LogP) is 4.27. The Balaban J connectivity index is 1.99. The summed E-state index contributed by atoms with van der Waals surface area (Å²) in [6.45, 7) is 9.14. The van der Waals surface area contributed by atoms with E-state index in [2.05, 4.69) is 65.7 Å². The SMILES string of the molecule is Cc1ccc(OCC(C)C)c(-c2nsnc2C2=CCCN(C)C2)c1. The van der Waals surface area contributed by atoms with Crippen molar-refractivity contribution in [2.75, 3.05) is 26.7 Å². The maximum absolute atomic E-state index is 6.05. The van der Waals surface area contributed by atoms with Gasteiger partial charge < -0.3 is 9.64 Å². The van der Waals surface area contributed by atoms with Crippen molar-refractivity contribution < 1.29 is 4.74 Å². The van der Waals surface area contributed by atoms with Gasteiger partial charge in [-0.05, 0) is 44.0 Å². The standard InChI is InChI=1S/C19H25N3OS/c1-13(2)12-23-17-8-7-14(3)10-16(17)19-18(20-24-21-19)15-6-5-9-22(4)11-15/h6-8,10,13H,5,9,11-12H2,1-4H3. The quantitative estimate of drug-likeness (QED) is 0.813. The Morgan fingerprint density at radius 3 is 2.79 bits per heavy atom. The number of nitrogens with zero attached hydrogens (tertiary/aromatic N) is 3. The molecular formula is C19H25N3OS. The molecule has 1 aromatic heterocycles. The summed E-state index contributed by atoms with van der Waals surface area (Å²) in [5.41, 5.74) is 5.48. The summed E-state index contributed by atoms with van der Waals surface area (Å²) >= 11 is 1.28. The molecule has 0 saturated heterocycles. The Labute approximate surface area is 148 Å². The number of ether oxygens (including phenoxy) is 1. The molecule has 0 unspecified atom stereocenters. The molecule has 1 aliphatic rings. The van der Waals surface area contributed by atoms with E-state index in [0.29, 0.717) is 12.5 Å². The second-order valence-corrected chi connectivity index (χ2v) is 7.45. The van der Waals surface area contributed by atoms with E-state index in [1.165, 1.54) is 22.9 Å². The summed E-state index contributed by atoms with van der Waals surface area (Å²) in [5, 5.41) is 0. The molecule has 0 bridgehead atoms. The fourth-order valence-electron chi connectivity index (χ4n) is 2.85. The summed E-state index contributed by atoms with van der Waals surface area (Å²) in [4.78, 5) is 2.32. The molecule has 1 aromatic carbocycles. The minimum Gasteiger partial charge on any atom is -0.493 e. The molecule has 2 aromatic rings. The zero-order valence-electron chi connectivity index (χ0n) is 14.9. The monoisotopic (exact) mass is 343 g/mol. The van der Waals surface area contributed by atoms with Gasteiger partial charge in [-0.15, -0.1) is 0 Å². The number of aryl methyl sites for hydroxylation is 1. The van der Waals surface area contributed by atoms with Crippen molar-refractivity contribution in [2.45, 2.75) is 27.2 Å². The van der Waals surface area contributed by atoms with E-state index in [9.17, 15) is 0 Å². The smallest absolute Gasteiger partial charge is 0.128 e. The van der Waals surface area contributed by atoms with E-state index in [0.717, 1.165) is 42.2 Å². The molecular weight excluding hydrogens is 318 g/mol. The molecule has 1 aliphatic heterocycles. The molecule has 0 atom stereocenters. The van der Waals surface area contributed by atoms with E-state index in [1.54, 1.807) is 0 Å². The zero-order valence-corrected chi connectivity index (χ0v) is 15.7. The summed E-state index contributed by atoms with van der Waals surface area (Å²) in [5.74, 6) is 1.38. The van der Waals surface area contributed by atoms with Crippen molar-refractivity contribution in [1.82, 2.24) is 13.6 Å². The second-order valence-electron chi connectivity index (χ2n) is 6.92. The minimum absolute atomic E-state index is 0.488.